The number of rotatable bonds is 5. The predicted octanol–water partition coefficient (Wildman–Crippen LogP) is 2.03. The van der Waals surface area contributed by atoms with Crippen molar-refractivity contribution < 1.29 is 9.53 Å². The molecule has 1 aliphatic carbocycles. The van der Waals surface area contributed by atoms with E-state index in [9.17, 15) is 4.79 Å². The van der Waals surface area contributed by atoms with Crippen LogP contribution in [-0.2, 0) is 4.79 Å². The second-order valence-corrected chi connectivity index (χ2v) is 4.89. The molecular formula is C14H21ClN2O2. The molecule has 1 amide bonds. The highest BCUT2D eigenvalue weighted by Gasteiger charge is 2.33. The largest absolute Gasteiger partial charge is 0.497 e. The lowest BCUT2D eigenvalue weighted by atomic mass is 10.0. The van der Waals surface area contributed by atoms with Crippen LogP contribution in [0.2, 0.25) is 0 Å². The van der Waals surface area contributed by atoms with Gasteiger partial charge in [0.25, 0.3) is 0 Å². The van der Waals surface area contributed by atoms with Gasteiger partial charge in [0, 0.05) is 0 Å². The molecule has 1 aromatic carbocycles. The van der Waals surface area contributed by atoms with Crippen LogP contribution < -0.4 is 15.8 Å². The number of ether oxygens (including phenoxy) is 1. The fourth-order valence-electron chi connectivity index (χ4n) is 2.00. The van der Waals surface area contributed by atoms with Crippen LogP contribution in [0.4, 0.5) is 0 Å². The molecule has 106 valence electrons. The highest BCUT2D eigenvalue weighted by Crippen LogP contribution is 2.41. The van der Waals surface area contributed by atoms with Crippen molar-refractivity contribution in [2.75, 3.05) is 7.11 Å². The molecule has 0 bridgehead atoms. The summed E-state index contributed by atoms with van der Waals surface area (Å²) in [5.41, 5.74) is 6.71. The number of hydrogen-bond acceptors (Lipinski definition) is 3. The molecule has 0 radical (unpaired) electrons. The van der Waals surface area contributed by atoms with Gasteiger partial charge in [-0.3, -0.25) is 4.79 Å². The van der Waals surface area contributed by atoms with E-state index >= 15 is 0 Å². The van der Waals surface area contributed by atoms with Gasteiger partial charge in [0.2, 0.25) is 5.91 Å². The maximum Gasteiger partial charge on any atom is 0.237 e. The predicted molar refractivity (Wildman–Crippen MR) is 77.5 cm³/mol. The maximum atomic E-state index is 11.7. The number of benzene rings is 1. The highest BCUT2D eigenvalue weighted by atomic mass is 35.5. The Balaban J connectivity index is 0.00000180. The second-order valence-electron chi connectivity index (χ2n) is 4.89. The molecule has 0 heterocycles. The van der Waals surface area contributed by atoms with Gasteiger partial charge in [-0.1, -0.05) is 12.1 Å². The van der Waals surface area contributed by atoms with Crippen molar-refractivity contribution in [1.29, 1.82) is 0 Å². The molecule has 0 spiro atoms. The van der Waals surface area contributed by atoms with Crippen LogP contribution >= 0.6 is 12.4 Å². The lowest BCUT2D eigenvalue weighted by Gasteiger charge is -2.20. The third-order valence-corrected chi connectivity index (χ3v) is 3.28. The first kappa shape index (κ1) is 15.8. The van der Waals surface area contributed by atoms with Crippen LogP contribution in [0.15, 0.2) is 24.3 Å². The molecule has 19 heavy (non-hydrogen) atoms. The van der Waals surface area contributed by atoms with Crippen molar-refractivity contribution in [3.05, 3.63) is 29.8 Å². The quantitative estimate of drug-likeness (QED) is 0.870. The average molecular weight is 285 g/mol. The van der Waals surface area contributed by atoms with Crippen LogP contribution in [0.25, 0.3) is 0 Å². The normalized spacial score (nSPS) is 17.0. The molecule has 1 saturated carbocycles. The van der Waals surface area contributed by atoms with E-state index in [1.54, 1.807) is 14.0 Å². The first-order chi connectivity index (χ1) is 8.61. The summed E-state index contributed by atoms with van der Waals surface area (Å²) in [4.78, 5) is 11.7. The van der Waals surface area contributed by atoms with E-state index in [-0.39, 0.29) is 24.4 Å². The molecule has 3 N–H and O–H groups in total. The van der Waals surface area contributed by atoms with Crippen LogP contribution in [0, 0.1) is 5.92 Å². The summed E-state index contributed by atoms with van der Waals surface area (Å²) in [6, 6.07) is 7.46. The molecular weight excluding hydrogens is 264 g/mol. The Morgan fingerprint density at radius 3 is 2.37 bits per heavy atom. The fourth-order valence-corrected chi connectivity index (χ4v) is 2.00. The minimum absolute atomic E-state index is 0. The number of carbonyl (C=O) groups excluding carboxylic acids is 1. The minimum Gasteiger partial charge on any atom is -0.497 e. The van der Waals surface area contributed by atoms with Gasteiger partial charge >= 0.3 is 0 Å². The number of halogens is 1. The van der Waals surface area contributed by atoms with E-state index < -0.39 is 6.04 Å². The Labute approximate surface area is 120 Å². The molecule has 1 aliphatic rings. The zero-order chi connectivity index (χ0) is 13.1. The standard InChI is InChI=1S/C14H20N2O2.ClH/c1-9(15)14(17)16-13(10-3-4-10)11-5-7-12(18-2)8-6-11;/h5-10,13H,3-4,15H2,1-2H3,(H,16,17);1H/t9-,13?;/m0./s1. The molecule has 4 nitrogen and oxygen atoms in total. The van der Waals surface area contributed by atoms with Crippen LogP contribution in [0.1, 0.15) is 31.4 Å². The molecule has 5 heteroatoms. The molecule has 2 atom stereocenters. The van der Waals surface area contributed by atoms with Gasteiger partial charge in [-0.15, -0.1) is 12.4 Å². The molecule has 1 unspecified atom stereocenters. The number of carbonyl (C=O) groups is 1. The van der Waals surface area contributed by atoms with E-state index in [1.165, 1.54) is 0 Å². The summed E-state index contributed by atoms with van der Waals surface area (Å²) < 4.78 is 5.14. The first-order valence-corrected chi connectivity index (χ1v) is 6.31. The highest BCUT2D eigenvalue weighted by molar-refractivity contribution is 5.85. The maximum absolute atomic E-state index is 11.7. The lowest BCUT2D eigenvalue weighted by molar-refractivity contribution is -0.122. The zero-order valence-electron chi connectivity index (χ0n) is 11.3. The van der Waals surface area contributed by atoms with E-state index in [0.717, 1.165) is 24.2 Å². The Kier molecular flexibility index (Phi) is 5.63. The molecule has 1 aromatic rings. The zero-order valence-corrected chi connectivity index (χ0v) is 12.1. The van der Waals surface area contributed by atoms with Crippen molar-refractivity contribution >= 4 is 18.3 Å². The Morgan fingerprint density at radius 2 is 1.95 bits per heavy atom. The van der Waals surface area contributed by atoms with Crippen molar-refractivity contribution in [1.82, 2.24) is 5.32 Å². The fraction of sp³-hybridized carbons (Fsp3) is 0.500. The number of hydrogen-bond donors (Lipinski definition) is 2. The van der Waals surface area contributed by atoms with Crippen molar-refractivity contribution in [3.8, 4) is 5.75 Å². The van der Waals surface area contributed by atoms with E-state index in [1.807, 2.05) is 24.3 Å². The molecule has 1 fully saturated rings. The van der Waals surface area contributed by atoms with E-state index in [0.29, 0.717) is 5.92 Å². The van der Waals surface area contributed by atoms with Gasteiger partial charge in [-0.2, -0.15) is 0 Å². The number of methoxy groups -OCH3 is 1. The van der Waals surface area contributed by atoms with Crippen LogP contribution in [-0.4, -0.2) is 19.1 Å². The SMILES string of the molecule is COc1ccc(C(NC(=O)[C@H](C)N)C2CC2)cc1.Cl. The molecule has 0 saturated heterocycles. The van der Waals surface area contributed by atoms with Crippen molar-refractivity contribution in [2.24, 2.45) is 11.7 Å². The Bertz CT molecular complexity index is 416. The Morgan fingerprint density at radius 1 is 1.37 bits per heavy atom. The molecule has 2 rings (SSSR count). The van der Waals surface area contributed by atoms with Gasteiger partial charge in [0.15, 0.2) is 0 Å². The smallest absolute Gasteiger partial charge is 0.237 e. The van der Waals surface area contributed by atoms with E-state index in [2.05, 4.69) is 5.32 Å². The first-order valence-electron chi connectivity index (χ1n) is 6.31. The van der Waals surface area contributed by atoms with Crippen LogP contribution in [0.3, 0.4) is 0 Å². The number of amides is 1. The summed E-state index contributed by atoms with van der Waals surface area (Å²) >= 11 is 0. The summed E-state index contributed by atoms with van der Waals surface area (Å²) in [7, 11) is 1.64. The van der Waals surface area contributed by atoms with Gasteiger partial charge < -0.3 is 15.8 Å². The average Bonchev–Trinajstić information content (AvgIpc) is 3.20. The van der Waals surface area contributed by atoms with Crippen LogP contribution in [0.5, 0.6) is 5.75 Å². The summed E-state index contributed by atoms with van der Waals surface area (Å²) in [5.74, 6) is 1.27. The summed E-state index contributed by atoms with van der Waals surface area (Å²) in [6.45, 7) is 1.70. The summed E-state index contributed by atoms with van der Waals surface area (Å²) in [5, 5.41) is 3.03. The third kappa shape index (κ3) is 4.11. The number of nitrogens with one attached hydrogen (secondary N) is 1. The lowest BCUT2D eigenvalue weighted by Crippen LogP contribution is -2.40. The molecule has 0 aliphatic heterocycles. The Hall–Kier alpha value is -1.26. The summed E-state index contributed by atoms with van der Waals surface area (Å²) in [6.07, 6.45) is 2.33. The van der Waals surface area contributed by atoms with Gasteiger partial charge in [0.1, 0.15) is 5.75 Å². The minimum atomic E-state index is -0.468. The molecule has 0 aromatic heterocycles. The third-order valence-electron chi connectivity index (χ3n) is 3.28. The monoisotopic (exact) mass is 284 g/mol. The van der Waals surface area contributed by atoms with Gasteiger partial charge in [-0.05, 0) is 43.4 Å². The van der Waals surface area contributed by atoms with E-state index in [4.69, 9.17) is 10.5 Å². The topological polar surface area (TPSA) is 64.3 Å². The number of nitrogens with two attached hydrogens (primary N) is 1. The van der Waals surface area contributed by atoms with Gasteiger partial charge in [0.05, 0.1) is 19.2 Å². The van der Waals surface area contributed by atoms with Crippen molar-refractivity contribution in [3.63, 3.8) is 0 Å². The second kappa shape index (κ2) is 6.78. The van der Waals surface area contributed by atoms with Gasteiger partial charge in [-0.25, -0.2) is 0 Å². The van der Waals surface area contributed by atoms with Crippen molar-refractivity contribution in [2.45, 2.75) is 31.8 Å².